The molecule has 116 valence electrons. The van der Waals surface area contributed by atoms with Crippen LogP contribution in [0.2, 0.25) is 0 Å². The normalized spacial score (nSPS) is 36.9. The summed E-state index contributed by atoms with van der Waals surface area (Å²) >= 11 is 0. The number of hydrogen-bond acceptors (Lipinski definition) is 3. The van der Waals surface area contributed by atoms with Gasteiger partial charge in [-0.15, -0.1) is 0 Å². The van der Waals surface area contributed by atoms with Gasteiger partial charge >= 0.3 is 0 Å². The van der Waals surface area contributed by atoms with Gasteiger partial charge in [-0.05, 0) is 37.0 Å². The zero-order valence-corrected chi connectivity index (χ0v) is 13.4. The number of ether oxygens (including phenoxy) is 1. The Labute approximate surface area is 123 Å². The average Bonchev–Trinajstić information content (AvgIpc) is 2.88. The molecule has 1 saturated carbocycles. The third-order valence-electron chi connectivity index (χ3n) is 5.68. The van der Waals surface area contributed by atoms with Crippen molar-refractivity contribution in [3.8, 4) is 0 Å². The van der Waals surface area contributed by atoms with Gasteiger partial charge in [0.2, 0.25) is 5.91 Å². The number of nitrogens with two attached hydrogens (primary N) is 1. The predicted octanol–water partition coefficient (Wildman–Crippen LogP) is 2.02. The number of carbonyl (C=O) groups is 1. The minimum absolute atomic E-state index is 0.0282. The van der Waals surface area contributed by atoms with Gasteiger partial charge in [-0.25, -0.2) is 0 Å². The van der Waals surface area contributed by atoms with Crippen LogP contribution in [-0.2, 0) is 9.53 Å². The van der Waals surface area contributed by atoms with Crippen molar-refractivity contribution in [3.05, 3.63) is 0 Å². The van der Waals surface area contributed by atoms with Crippen molar-refractivity contribution in [3.63, 3.8) is 0 Å². The van der Waals surface area contributed by atoms with Crippen molar-refractivity contribution in [1.82, 2.24) is 4.90 Å². The highest BCUT2D eigenvalue weighted by molar-refractivity contribution is 5.79. The summed E-state index contributed by atoms with van der Waals surface area (Å²) in [7, 11) is 1.92. The molecule has 2 N–H and O–H groups in total. The van der Waals surface area contributed by atoms with Gasteiger partial charge in [0.05, 0.1) is 6.10 Å². The van der Waals surface area contributed by atoms with Crippen LogP contribution in [0.3, 0.4) is 0 Å². The third-order valence-corrected chi connectivity index (χ3v) is 5.68. The molecule has 4 heteroatoms. The summed E-state index contributed by atoms with van der Waals surface area (Å²) in [6, 6.07) is 0.220. The number of nitrogens with zero attached hydrogens (tertiary/aromatic N) is 1. The molecular formula is C16H30N2O2. The Kier molecular flexibility index (Phi) is 4.75. The highest BCUT2D eigenvalue weighted by Gasteiger charge is 2.45. The second-order valence-electron chi connectivity index (χ2n) is 7.26. The maximum atomic E-state index is 12.8. The van der Waals surface area contributed by atoms with Crippen molar-refractivity contribution in [2.24, 2.45) is 23.0 Å². The minimum Gasteiger partial charge on any atom is -0.376 e. The number of rotatable bonds is 3. The quantitative estimate of drug-likeness (QED) is 0.861. The molecule has 2 rings (SSSR count). The maximum Gasteiger partial charge on any atom is 0.226 e. The van der Waals surface area contributed by atoms with E-state index < -0.39 is 0 Å². The zero-order chi connectivity index (χ0) is 14.9. The van der Waals surface area contributed by atoms with Crippen LogP contribution in [0.4, 0.5) is 0 Å². The Morgan fingerprint density at radius 2 is 2.05 bits per heavy atom. The summed E-state index contributed by atoms with van der Waals surface area (Å²) in [4.78, 5) is 14.7. The second-order valence-corrected chi connectivity index (χ2v) is 7.26. The molecular weight excluding hydrogens is 252 g/mol. The van der Waals surface area contributed by atoms with Gasteiger partial charge in [0.25, 0.3) is 0 Å². The van der Waals surface area contributed by atoms with Gasteiger partial charge in [-0.1, -0.05) is 20.8 Å². The molecule has 4 unspecified atom stereocenters. The molecule has 2 fully saturated rings. The molecule has 0 radical (unpaired) electrons. The largest absolute Gasteiger partial charge is 0.376 e. The molecule has 4 nitrogen and oxygen atoms in total. The van der Waals surface area contributed by atoms with Gasteiger partial charge in [0.1, 0.15) is 0 Å². The summed E-state index contributed by atoms with van der Waals surface area (Å²) in [5, 5.41) is 0. The molecule has 1 amide bonds. The molecule has 0 aromatic rings. The van der Waals surface area contributed by atoms with E-state index in [2.05, 4.69) is 20.8 Å². The van der Waals surface area contributed by atoms with E-state index in [0.29, 0.717) is 5.92 Å². The van der Waals surface area contributed by atoms with E-state index in [9.17, 15) is 4.79 Å². The molecule has 20 heavy (non-hydrogen) atoms. The first kappa shape index (κ1) is 15.8. The molecule has 1 saturated heterocycles. The molecule has 0 aromatic carbocycles. The fraction of sp³-hybridized carbons (Fsp3) is 0.938. The topological polar surface area (TPSA) is 55.6 Å². The number of amides is 1. The molecule has 0 bridgehead atoms. The van der Waals surface area contributed by atoms with Crippen molar-refractivity contribution >= 4 is 5.91 Å². The Bertz CT molecular complexity index is 350. The lowest BCUT2D eigenvalue weighted by Gasteiger charge is -2.47. The average molecular weight is 282 g/mol. The highest BCUT2D eigenvalue weighted by atomic mass is 16.5. The molecule has 0 spiro atoms. The number of carbonyl (C=O) groups excluding carboxylic acids is 1. The summed E-state index contributed by atoms with van der Waals surface area (Å²) < 4.78 is 5.64. The van der Waals surface area contributed by atoms with Crippen molar-refractivity contribution in [2.75, 3.05) is 20.2 Å². The van der Waals surface area contributed by atoms with Gasteiger partial charge < -0.3 is 15.4 Å². The molecule has 4 atom stereocenters. The molecule has 0 aromatic heterocycles. The summed E-state index contributed by atoms with van der Waals surface area (Å²) in [5.41, 5.74) is 6.15. The smallest absolute Gasteiger partial charge is 0.226 e. The van der Waals surface area contributed by atoms with E-state index in [1.165, 1.54) is 0 Å². The zero-order valence-electron chi connectivity index (χ0n) is 13.4. The monoisotopic (exact) mass is 282 g/mol. The van der Waals surface area contributed by atoms with E-state index in [4.69, 9.17) is 10.5 Å². The van der Waals surface area contributed by atoms with E-state index in [1.807, 2.05) is 11.9 Å². The second kappa shape index (κ2) is 6.02. The summed E-state index contributed by atoms with van der Waals surface area (Å²) in [6.07, 6.45) is 4.29. The third kappa shape index (κ3) is 3.01. The van der Waals surface area contributed by atoms with E-state index >= 15 is 0 Å². The molecule has 2 aliphatic rings. The SMILES string of the molecule is CC1C(N)CCC(C(=O)N(C)CC2CCCO2)C1(C)C. The van der Waals surface area contributed by atoms with Crippen molar-refractivity contribution < 1.29 is 9.53 Å². The summed E-state index contributed by atoms with van der Waals surface area (Å²) in [6.45, 7) is 8.14. The minimum atomic E-state index is -0.0282. The first-order valence-electron chi connectivity index (χ1n) is 7.96. The lowest BCUT2D eigenvalue weighted by Crippen LogP contribution is -2.52. The Balaban J connectivity index is 2.00. The van der Waals surface area contributed by atoms with E-state index in [1.54, 1.807) is 0 Å². The van der Waals surface area contributed by atoms with E-state index in [-0.39, 0.29) is 29.4 Å². The van der Waals surface area contributed by atoms with Crippen LogP contribution in [0.1, 0.15) is 46.5 Å². The van der Waals surface area contributed by atoms with Crippen LogP contribution in [-0.4, -0.2) is 43.2 Å². The lowest BCUT2D eigenvalue weighted by atomic mass is 9.60. The van der Waals surface area contributed by atoms with Crippen LogP contribution >= 0.6 is 0 Å². The van der Waals surface area contributed by atoms with Crippen LogP contribution in [0, 0.1) is 17.3 Å². The molecule has 1 aliphatic heterocycles. The summed E-state index contributed by atoms with van der Waals surface area (Å²) in [5.74, 6) is 0.731. The first-order valence-corrected chi connectivity index (χ1v) is 7.96. The maximum absolute atomic E-state index is 12.8. The van der Waals surface area contributed by atoms with E-state index in [0.717, 1.165) is 38.8 Å². The predicted molar refractivity (Wildman–Crippen MR) is 80.3 cm³/mol. The van der Waals surface area contributed by atoms with Crippen LogP contribution in [0.5, 0.6) is 0 Å². The van der Waals surface area contributed by atoms with Gasteiger partial charge in [-0.2, -0.15) is 0 Å². The fourth-order valence-electron chi connectivity index (χ4n) is 3.74. The molecule has 1 aliphatic carbocycles. The number of likely N-dealkylation sites (N-methyl/N-ethyl adjacent to an activating group) is 1. The van der Waals surface area contributed by atoms with Gasteiger partial charge in [-0.3, -0.25) is 4.79 Å². The Morgan fingerprint density at radius 3 is 2.65 bits per heavy atom. The molecule has 1 heterocycles. The van der Waals surface area contributed by atoms with Crippen molar-refractivity contribution in [1.29, 1.82) is 0 Å². The van der Waals surface area contributed by atoms with Crippen LogP contribution < -0.4 is 5.73 Å². The fourth-order valence-corrected chi connectivity index (χ4v) is 3.74. The number of hydrogen-bond donors (Lipinski definition) is 1. The van der Waals surface area contributed by atoms with Crippen molar-refractivity contribution in [2.45, 2.75) is 58.6 Å². The first-order chi connectivity index (χ1) is 9.34. The van der Waals surface area contributed by atoms with Crippen LogP contribution in [0.25, 0.3) is 0 Å². The standard InChI is InChI=1S/C16H30N2O2/c1-11-14(17)8-7-13(16(11,2)3)15(19)18(4)10-12-6-5-9-20-12/h11-14H,5-10,17H2,1-4H3. The Hall–Kier alpha value is -0.610. The van der Waals surface area contributed by atoms with Crippen LogP contribution in [0.15, 0.2) is 0 Å². The Morgan fingerprint density at radius 1 is 1.35 bits per heavy atom. The van der Waals surface area contributed by atoms with Gasteiger partial charge in [0, 0.05) is 32.2 Å². The lowest BCUT2D eigenvalue weighted by molar-refractivity contribution is -0.143. The highest BCUT2D eigenvalue weighted by Crippen LogP contribution is 2.45. The van der Waals surface area contributed by atoms with Gasteiger partial charge in [0.15, 0.2) is 0 Å².